The fourth-order valence-electron chi connectivity index (χ4n) is 3.02. The Morgan fingerprint density at radius 2 is 2.03 bits per heavy atom. The first-order valence-corrected chi connectivity index (χ1v) is 12.6. The van der Waals surface area contributed by atoms with Gasteiger partial charge in [0.05, 0.1) is 30.5 Å². The Balaban J connectivity index is 1.71. The first-order valence-electron chi connectivity index (χ1n) is 9.66. The summed E-state index contributed by atoms with van der Waals surface area (Å²) in [4.78, 5) is 16.9. The number of nitrogens with zero attached hydrogens (tertiary/aromatic N) is 2. The van der Waals surface area contributed by atoms with Gasteiger partial charge in [-0.3, -0.25) is 24.8 Å². The van der Waals surface area contributed by atoms with Gasteiger partial charge >= 0.3 is 7.60 Å². The van der Waals surface area contributed by atoms with Gasteiger partial charge in [-0.2, -0.15) is 0 Å². The highest BCUT2D eigenvalue weighted by atomic mass is 79.9. The number of nitrogens with one attached hydrogen (secondary N) is 2. The van der Waals surface area contributed by atoms with Gasteiger partial charge < -0.3 is 14.4 Å². The van der Waals surface area contributed by atoms with Crippen molar-refractivity contribution in [3.05, 3.63) is 57.4 Å². The molecule has 8 nitrogen and oxygen atoms in total. The van der Waals surface area contributed by atoms with Gasteiger partial charge in [0, 0.05) is 33.8 Å². The Hall–Kier alpha value is -1.90. The van der Waals surface area contributed by atoms with Gasteiger partial charge in [-0.25, -0.2) is 0 Å². The molecule has 1 aliphatic rings. The summed E-state index contributed by atoms with van der Waals surface area (Å²) < 4.78 is 23.8. The maximum atomic E-state index is 12.6. The second-order valence-corrected chi connectivity index (χ2v) is 9.88. The minimum atomic E-state index is -3.48. The van der Waals surface area contributed by atoms with Crippen LogP contribution in [0.2, 0.25) is 5.02 Å². The number of halogens is 2. The Morgan fingerprint density at radius 1 is 1.29 bits per heavy atom. The van der Waals surface area contributed by atoms with Gasteiger partial charge in [0.15, 0.2) is 0 Å². The number of carbonyl (C=O) groups excluding carboxylic acids is 1. The molecule has 0 radical (unpaired) electrons. The average Bonchev–Trinajstić information content (AvgIpc) is 2.71. The van der Waals surface area contributed by atoms with Gasteiger partial charge in [0.2, 0.25) is 0 Å². The van der Waals surface area contributed by atoms with E-state index in [0.717, 1.165) is 27.1 Å². The van der Waals surface area contributed by atoms with Crippen molar-refractivity contribution in [1.82, 2.24) is 15.4 Å². The molecule has 1 aliphatic heterocycles. The van der Waals surface area contributed by atoms with Crippen LogP contribution in [-0.2, 0) is 25.0 Å². The topological polar surface area (TPSA) is 92.8 Å². The van der Waals surface area contributed by atoms with E-state index >= 15 is 0 Å². The highest BCUT2D eigenvalue weighted by molar-refractivity contribution is 9.10. The van der Waals surface area contributed by atoms with E-state index in [9.17, 15) is 9.36 Å². The molecule has 31 heavy (non-hydrogen) atoms. The molecule has 2 aromatic rings. The largest absolute Gasteiger partial charge is 0.355 e. The van der Waals surface area contributed by atoms with Gasteiger partial charge in [0.25, 0.3) is 5.91 Å². The van der Waals surface area contributed by atoms with E-state index in [-0.39, 0.29) is 19.4 Å². The summed E-state index contributed by atoms with van der Waals surface area (Å²) in [6, 6.07) is 7.43. The van der Waals surface area contributed by atoms with Crippen molar-refractivity contribution in [2.24, 2.45) is 0 Å². The van der Waals surface area contributed by atoms with Crippen LogP contribution in [0.1, 0.15) is 25.1 Å². The van der Waals surface area contributed by atoms with Crippen LogP contribution in [0.4, 0.5) is 11.4 Å². The molecule has 0 saturated heterocycles. The number of aromatic nitrogens is 1. The summed E-state index contributed by atoms with van der Waals surface area (Å²) >= 11 is 9.57. The summed E-state index contributed by atoms with van der Waals surface area (Å²) in [5.74, 6) is -0.462. The number of carbonyl (C=O) groups is 1. The maximum Gasteiger partial charge on any atom is 0.340 e. The summed E-state index contributed by atoms with van der Waals surface area (Å²) in [6.45, 7) is 4.16. The molecule has 0 fully saturated rings. The zero-order valence-electron chi connectivity index (χ0n) is 17.1. The summed E-state index contributed by atoms with van der Waals surface area (Å²) in [7, 11) is -3.48. The lowest BCUT2D eigenvalue weighted by Gasteiger charge is -2.27. The lowest BCUT2D eigenvalue weighted by molar-refractivity contribution is -0.122. The van der Waals surface area contributed by atoms with Crippen LogP contribution in [0.15, 0.2) is 41.1 Å². The molecule has 1 aromatic heterocycles. The molecule has 0 aliphatic carbocycles. The number of rotatable bonds is 9. The molecule has 2 N–H and O–H groups in total. The van der Waals surface area contributed by atoms with Crippen LogP contribution in [0, 0.1) is 0 Å². The number of fused-ring (bicyclic) bond motifs is 1. The Morgan fingerprint density at radius 3 is 2.71 bits per heavy atom. The van der Waals surface area contributed by atoms with Crippen LogP contribution < -0.4 is 10.7 Å². The number of benzene rings is 1. The zero-order chi connectivity index (χ0) is 22.4. The fraction of sp³-hybridized carbons (Fsp3) is 0.300. The number of pyridine rings is 1. The minimum absolute atomic E-state index is 0.197. The smallest absolute Gasteiger partial charge is 0.340 e. The quantitative estimate of drug-likeness (QED) is 0.425. The molecule has 1 aromatic carbocycles. The van der Waals surface area contributed by atoms with E-state index in [1.54, 1.807) is 37.3 Å². The van der Waals surface area contributed by atoms with Crippen molar-refractivity contribution in [2.75, 3.05) is 24.7 Å². The average molecular weight is 530 g/mol. The second-order valence-electron chi connectivity index (χ2n) is 6.56. The third kappa shape index (κ3) is 6.30. The number of hydrogen-bond acceptors (Lipinski definition) is 7. The molecule has 0 spiro atoms. The molecule has 11 heteroatoms. The molecule has 2 heterocycles. The molecule has 0 unspecified atom stereocenters. The standard InChI is InChI=1S/C20H23BrClN4O4P/c1-3-29-31(28,30-4-2)13-20(27)25-26-10-8-18-15(12-26)19(7-9-23-18)24-14-5-6-16(21)17(22)11-14/h5-11H,3-4,12-13H2,1-2H3,(H,23,24)(H,25,27). The van der Waals surface area contributed by atoms with Crippen LogP contribution in [0.5, 0.6) is 0 Å². The number of hydrogen-bond donors (Lipinski definition) is 2. The van der Waals surface area contributed by atoms with Gasteiger partial charge in [0.1, 0.15) is 6.16 Å². The highest BCUT2D eigenvalue weighted by Gasteiger charge is 2.28. The first kappa shape index (κ1) is 23.8. The fourth-order valence-corrected chi connectivity index (χ4v) is 4.91. The molecule has 1 amide bonds. The molecular weight excluding hydrogens is 507 g/mol. The van der Waals surface area contributed by atoms with E-state index in [2.05, 4.69) is 31.7 Å². The Labute approximate surface area is 194 Å². The monoisotopic (exact) mass is 528 g/mol. The summed E-state index contributed by atoms with van der Waals surface area (Å²) in [5.41, 5.74) is 6.06. The SMILES string of the molecule is CCOP(=O)(CC(=O)NN1C=Cc2nccc(Nc3ccc(Br)c(Cl)c3)c2C1)OCC. The molecule has 3 rings (SSSR count). The lowest BCUT2D eigenvalue weighted by Crippen LogP contribution is -2.41. The molecule has 0 saturated carbocycles. The van der Waals surface area contributed by atoms with Gasteiger partial charge in [-0.15, -0.1) is 0 Å². The zero-order valence-corrected chi connectivity index (χ0v) is 20.3. The van der Waals surface area contributed by atoms with Crippen LogP contribution in [-0.4, -0.2) is 35.3 Å². The molecular formula is C20H23BrClN4O4P. The van der Waals surface area contributed by atoms with Crippen molar-refractivity contribution in [2.45, 2.75) is 20.4 Å². The van der Waals surface area contributed by atoms with Gasteiger partial charge in [-0.05, 0) is 60.1 Å². The van der Waals surface area contributed by atoms with Crippen molar-refractivity contribution in [1.29, 1.82) is 0 Å². The van der Waals surface area contributed by atoms with Crippen molar-refractivity contribution in [3.8, 4) is 0 Å². The van der Waals surface area contributed by atoms with Crippen molar-refractivity contribution < 1.29 is 18.4 Å². The normalized spacial score (nSPS) is 13.1. The van der Waals surface area contributed by atoms with Gasteiger partial charge in [-0.1, -0.05) is 11.6 Å². The maximum absolute atomic E-state index is 12.6. The summed E-state index contributed by atoms with van der Waals surface area (Å²) in [6.07, 6.45) is 4.85. The molecule has 0 atom stereocenters. The molecule has 166 valence electrons. The highest BCUT2D eigenvalue weighted by Crippen LogP contribution is 2.47. The lowest BCUT2D eigenvalue weighted by atomic mass is 10.1. The van der Waals surface area contributed by atoms with E-state index in [1.807, 2.05) is 24.3 Å². The third-order valence-electron chi connectivity index (χ3n) is 4.29. The third-order valence-corrected chi connectivity index (χ3v) is 7.50. The summed E-state index contributed by atoms with van der Waals surface area (Å²) in [5, 5.41) is 5.54. The Bertz CT molecular complexity index is 1030. The minimum Gasteiger partial charge on any atom is -0.355 e. The Kier molecular flexibility index (Phi) is 8.13. The van der Waals surface area contributed by atoms with Crippen LogP contribution in [0.25, 0.3) is 6.08 Å². The first-order chi connectivity index (χ1) is 14.8. The predicted octanol–water partition coefficient (Wildman–Crippen LogP) is 5.32. The van der Waals surface area contributed by atoms with E-state index < -0.39 is 13.5 Å². The van der Waals surface area contributed by atoms with E-state index in [0.29, 0.717) is 11.6 Å². The van der Waals surface area contributed by atoms with Crippen LogP contribution >= 0.6 is 35.1 Å². The van der Waals surface area contributed by atoms with Crippen LogP contribution in [0.3, 0.4) is 0 Å². The van der Waals surface area contributed by atoms with Crippen molar-refractivity contribution >= 4 is 58.5 Å². The van der Waals surface area contributed by atoms with E-state index in [1.165, 1.54) is 0 Å². The van der Waals surface area contributed by atoms with E-state index in [4.69, 9.17) is 20.6 Å². The predicted molar refractivity (Wildman–Crippen MR) is 125 cm³/mol. The number of amides is 1. The number of anilines is 2. The molecule has 0 bridgehead atoms. The second kappa shape index (κ2) is 10.6. The van der Waals surface area contributed by atoms with Crippen molar-refractivity contribution in [3.63, 3.8) is 0 Å². The number of hydrazine groups is 1.